The fourth-order valence-electron chi connectivity index (χ4n) is 2.72. The Morgan fingerprint density at radius 1 is 1.41 bits per heavy atom. The molecule has 2 heterocycles. The highest BCUT2D eigenvalue weighted by Gasteiger charge is 2.32. The summed E-state index contributed by atoms with van der Waals surface area (Å²) in [7, 11) is 1.72. The van der Waals surface area contributed by atoms with Crippen molar-refractivity contribution in [3.8, 4) is 0 Å². The molecule has 1 aromatic rings. The van der Waals surface area contributed by atoms with Crippen LogP contribution < -0.4 is 10.6 Å². The Morgan fingerprint density at radius 3 is 2.68 bits per heavy atom. The summed E-state index contributed by atoms with van der Waals surface area (Å²) in [4.78, 5) is 16.4. The number of hydrogen-bond acceptors (Lipinski definition) is 4. The lowest BCUT2D eigenvalue weighted by atomic mass is 9.79. The van der Waals surface area contributed by atoms with Crippen LogP contribution >= 0.6 is 24.8 Å². The summed E-state index contributed by atoms with van der Waals surface area (Å²) in [6.45, 7) is 5.14. The van der Waals surface area contributed by atoms with Crippen LogP contribution in [0.1, 0.15) is 28.9 Å². The number of aromatic nitrogens is 1. The molecule has 22 heavy (non-hydrogen) atoms. The van der Waals surface area contributed by atoms with E-state index in [4.69, 9.17) is 4.74 Å². The van der Waals surface area contributed by atoms with Gasteiger partial charge in [0.1, 0.15) is 0 Å². The molecule has 2 rings (SSSR count). The molecular weight excluding hydrogens is 325 g/mol. The van der Waals surface area contributed by atoms with E-state index in [0.29, 0.717) is 18.7 Å². The van der Waals surface area contributed by atoms with Gasteiger partial charge in [-0.3, -0.25) is 9.78 Å². The van der Waals surface area contributed by atoms with Crippen molar-refractivity contribution in [1.29, 1.82) is 0 Å². The molecule has 0 spiro atoms. The molecule has 1 fully saturated rings. The highest BCUT2D eigenvalue weighted by molar-refractivity contribution is 5.95. The van der Waals surface area contributed by atoms with Crippen LogP contribution in [0.5, 0.6) is 0 Å². The summed E-state index contributed by atoms with van der Waals surface area (Å²) in [6.07, 6.45) is 3.74. The Kier molecular flexibility index (Phi) is 9.60. The number of methoxy groups -OCH3 is 1. The Hall–Kier alpha value is -0.880. The van der Waals surface area contributed by atoms with Crippen LogP contribution in [-0.2, 0) is 4.74 Å². The largest absolute Gasteiger partial charge is 0.384 e. The first-order valence-electron chi connectivity index (χ1n) is 7.06. The minimum atomic E-state index is -0.0513. The van der Waals surface area contributed by atoms with E-state index in [0.717, 1.165) is 31.6 Å². The second kappa shape index (κ2) is 10.0. The molecule has 0 aliphatic carbocycles. The number of carbonyl (C=O) groups excluding carboxylic acids is 1. The predicted octanol–water partition coefficient (Wildman–Crippen LogP) is 1.98. The third-order valence-electron chi connectivity index (χ3n) is 3.99. The van der Waals surface area contributed by atoms with Gasteiger partial charge in [0.05, 0.1) is 12.2 Å². The van der Waals surface area contributed by atoms with E-state index < -0.39 is 0 Å². The number of halogens is 2. The van der Waals surface area contributed by atoms with Crippen LogP contribution in [0, 0.1) is 12.3 Å². The van der Waals surface area contributed by atoms with E-state index in [-0.39, 0.29) is 36.1 Å². The van der Waals surface area contributed by atoms with Crippen LogP contribution in [-0.4, -0.2) is 44.2 Å². The van der Waals surface area contributed by atoms with E-state index in [1.165, 1.54) is 0 Å². The first kappa shape index (κ1) is 21.1. The number of pyridine rings is 1. The summed E-state index contributed by atoms with van der Waals surface area (Å²) in [6, 6.07) is 3.60. The third-order valence-corrected chi connectivity index (χ3v) is 3.99. The van der Waals surface area contributed by atoms with Crippen molar-refractivity contribution >= 4 is 30.7 Å². The lowest BCUT2D eigenvalue weighted by Crippen LogP contribution is -2.47. The topological polar surface area (TPSA) is 63.2 Å². The van der Waals surface area contributed by atoms with Gasteiger partial charge in [-0.25, -0.2) is 0 Å². The molecule has 1 amide bonds. The Labute approximate surface area is 144 Å². The van der Waals surface area contributed by atoms with E-state index in [1.807, 2.05) is 13.0 Å². The van der Waals surface area contributed by atoms with E-state index in [2.05, 4.69) is 15.6 Å². The van der Waals surface area contributed by atoms with E-state index in [9.17, 15) is 4.79 Å². The maximum atomic E-state index is 12.2. The highest BCUT2D eigenvalue weighted by Crippen LogP contribution is 2.28. The molecule has 1 saturated heterocycles. The summed E-state index contributed by atoms with van der Waals surface area (Å²) < 4.78 is 5.35. The average molecular weight is 350 g/mol. The molecule has 0 radical (unpaired) electrons. The van der Waals surface area contributed by atoms with Crippen molar-refractivity contribution in [3.05, 3.63) is 29.6 Å². The smallest absolute Gasteiger partial charge is 0.253 e. The SMILES string of the molecule is COCC1(CNC(=O)c2cccnc2C)CCNCC1.Cl.Cl. The number of nitrogens with one attached hydrogen (secondary N) is 2. The molecule has 1 aliphatic rings. The van der Waals surface area contributed by atoms with Gasteiger partial charge in [-0.05, 0) is 45.0 Å². The van der Waals surface area contributed by atoms with Crippen molar-refractivity contribution in [2.75, 3.05) is 33.4 Å². The lowest BCUT2D eigenvalue weighted by Gasteiger charge is -2.37. The lowest BCUT2D eigenvalue weighted by molar-refractivity contribution is 0.0511. The van der Waals surface area contributed by atoms with Crippen LogP contribution in [0.25, 0.3) is 0 Å². The van der Waals surface area contributed by atoms with Gasteiger partial charge < -0.3 is 15.4 Å². The van der Waals surface area contributed by atoms with Gasteiger partial charge in [0.2, 0.25) is 0 Å². The Morgan fingerprint density at radius 2 is 2.09 bits per heavy atom. The summed E-state index contributed by atoms with van der Waals surface area (Å²) in [5, 5.41) is 6.40. The number of nitrogens with zero attached hydrogens (tertiary/aromatic N) is 1. The average Bonchev–Trinajstić information content (AvgIpc) is 2.47. The molecule has 1 aromatic heterocycles. The first-order chi connectivity index (χ1) is 9.67. The fraction of sp³-hybridized carbons (Fsp3) is 0.600. The highest BCUT2D eigenvalue weighted by atomic mass is 35.5. The number of carbonyl (C=O) groups is 1. The van der Waals surface area contributed by atoms with Gasteiger partial charge in [0, 0.05) is 31.0 Å². The molecular formula is C15H25Cl2N3O2. The number of piperidine rings is 1. The minimum Gasteiger partial charge on any atom is -0.384 e. The zero-order valence-electron chi connectivity index (χ0n) is 13.1. The van der Waals surface area contributed by atoms with Crippen molar-refractivity contribution in [3.63, 3.8) is 0 Å². The molecule has 0 unspecified atom stereocenters. The summed E-state index contributed by atoms with van der Waals surface area (Å²) in [5.74, 6) is -0.0513. The van der Waals surface area contributed by atoms with Gasteiger partial charge in [0.15, 0.2) is 0 Å². The number of ether oxygens (including phenoxy) is 1. The maximum absolute atomic E-state index is 12.2. The van der Waals surface area contributed by atoms with Crippen LogP contribution in [0.2, 0.25) is 0 Å². The van der Waals surface area contributed by atoms with Crippen molar-refractivity contribution in [2.45, 2.75) is 19.8 Å². The minimum absolute atomic E-state index is 0. The van der Waals surface area contributed by atoms with Gasteiger partial charge in [-0.2, -0.15) is 0 Å². The zero-order chi connectivity index (χ0) is 14.4. The van der Waals surface area contributed by atoms with E-state index in [1.54, 1.807) is 19.4 Å². The fourth-order valence-corrected chi connectivity index (χ4v) is 2.72. The number of aryl methyl sites for hydroxylation is 1. The number of rotatable bonds is 5. The molecule has 0 bridgehead atoms. The van der Waals surface area contributed by atoms with Gasteiger partial charge in [-0.15, -0.1) is 24.8 Å². The Bertz CT molecular complexity index is 460. The first-order valence-corrected chi connectivity index (χ1v) is 7.06. The van der Waals surface area contributed by atoms with Crippen LogP contribution in [0.4, 0.5) is 0 Å². The monoisotopic (exact) mass is 349 g/mol. The number of amides is 1. The predicted molar refractivity (Wildman–Crippen MR) is 92.2 cm³/mol. The number of hydrogen-bond donors (Lipinski definition) is 2. The second-order valence-electron chi connectivity index (χ2n) is 5.50. The molecule has 0 atom stereocenters. The van der Waals surface area contributed by atoms with Gasteiger partial charge >= 0.3 is 0 Å². The van der Waals surface area contributed by atoms with Crippen molar-refractivity contribution < 1.29 is 9.53 Å². The van der Waals surface area contributed by atoms with Crippen molar-refractivity contribution in [1.82, 2.24) is 15.6 Å². The standard InChI is InChI=1S/C15H23N3O2.2ClH/c1-12-13(4-3-7-17-12)14(19)18-10-15(11-20-2)5-8-16-9-6-15;;/h3-4,7,16H,5-6,8-11H2,1-2H3,(H,18,19);2*1H. The van der Waals surface area contributed by atoms with Gasteiger partial charge in [0.25, 0.3) is 5.91 Å². The summed E-state index contributed by atoms with van der Waals surface area (Å²) >= 11 is 0. The third kappa shape index (κ3) is 5.39. The molecule has 126 valence electrons. The maximum Gasteiger partial charge on any atom is 0.253 e. The normalized spacial score (nSPS) is 16.1. The Balaban J connectivity index is 0.00000220. The van der Waals surface area contributed by atoms with Gasteiger partial charge in [-0.1, -0.05) is 0 Å². The second-order valence-corrected chi connectivity index (χ2v) is 5.50. The molecule has 0 saturated carbocycles. The molecule has 0 aromatic carbocycles. The molecule has 1 aliphatic heterocycles. The molecule has 5 nitrogen and oxygen atoms in total. The summed E-state index contributed by atoms with van der Waals surface area (Å²) in [5.41, 5.74) is 1.45. The van der Waals surface area contributed by atoms with Crippen LogP contribution in [0.3, 0.4) is 0 Å². The van der Waals surface area contributed by atoms with Crippen molar-refractivity contribution in [2.24, 2.45) is 5.41 Å². The molecule has 7 heteroatoms. The van der Waals surface area contributed by atoms with E-state index >= 15 is 0 Å². The zero-order valence-corrected chi connectivity index (χ0v) is 14.7. The quantitative estimate of drug-likeness (QED) is 0.853. The molecule has 2 N–H and O–H groups in total. The van der Waals surface area contributed by atoms with Crippen LogP contribution in [0.15, 0.2) is 18.3 Å².